The fourth-order valence-electron chi connectivity index (χ4n) is 2.21. The second-order valence-corrected chi connectivity index (χ2v) is 5.51. The molecular weight excluding hydrogens is 329 g/mol. The molecule has 1 amide bonds. The highest BCUT2D eigenvalue weighted by atomic mass is 19.1. The molecule has 2 rings (SSSR count). The van der Waals surface area contributed by atoms with Crippen LogP contribution < -0.4 is 10.1 Å². The van der Waals surface area contributed by atoms with Gasteiger partial charge in [0, 0.05) is 32.3 Å². The average Bonchev–Trinajstić information content (AvgIpc) is 2.59. The number of nitrogens with one attached hydrogen (secondary N) is 1. The van der Waals surface area contributed by atoms with Gasteiger partial charge in [-0.25, -0.2) is 4.39 Å². The predicted octanol–water partition coefficient (Wildman–Crippen LogP) is 3.06. The number of nitro groups is 1. The summed E-state index contributed by atoms with van der Waals surface area (Å²) >= 11 is 0. The molecule has 0 fully saturated rings. The summed E-state index contributed by atoms with van der Waals surface area (Å²) in [5.74, 6) is -0.996. The highest BCUT2D eigenvalue weighted by Crippen LogP contribution is 2.32. The fourth-order valence-corrected chi connectivity index (χ4v) is 2.21. The first kappa shape index (κ1) is 18.2. The summed E-state index contributed by atoms with van der Waals surface area (Å²) in [6.45, 7) is 0.270. The number of anilines is 1. The molecule has 0 spiro atoms. The van der Waals surface area contributed by atoms with Gasteiger partial charge in [-0.3, -0.25) is 14.9 Å². The quantitative estimate of drug-likeness (QED) is 0.641. The Hall–Kier alpha value is -3.16. The van der Waals surface area contributed by atoms with Gasteiger partial charge in [-0.2, -0.15) is 0 Å². The Morgan fingerprint density at radius 2 is 1.92 bits per heavy atom. The summed E-state index contributed by atoms with van der Waals surface area (Å²) in [4.78, 5) is 23.7. The van der Waals surface area contributed by atoms with Crippen molar-refractivity contribution in [3.63, 3.8) is 0 Å². The monoisotopic (exact) mass is 347 g/mol. The number of benzene rings is 2. The summed E-state index contributed by atoms with van der Waals surface area (Å²) in [7, 11) is 4.62. The van der Waals surface area contributed by atoms with Crippen molar-refractivity contribution in [2.45, 2.75) is 6.54 Å². The molecule has 0 aliphatic heterocycles. The van der Waals surface area contributed by atoms with Crippen molar-refractivity contribution in [3.05, 3.63) is 63.5 Å². The van der Waals surface area contributed by atoms with Crippen LogP contribution in [0.3, 0.4) is 0 Å². The van der Waals surface area contributed by atoms with Crippen molar-refractivity contribution >= 4 is 17.3 Å². The van der Waals surface area contributed by atoms with Gasteiger partial charge in [0.05, 0.1) is 18.1 Å². The maximum atomic E-state index is 13.6. The van der Waals surface area contributed by atoms with Crippen molar-refractivity contribution in [1.82, 2.24) is 4.90 Å². The van der Waals surface area contributed by atoms with E-state index in [1.54, 1.807) is 38.4 Å². The van der Waals surface area contributed by atoms with Crippen molar-refractivity contribution in [1.29, 1.82) is 0 Å². The average molecular weight is 347 g/mol. The minimum absolute atomic E-state index is 0.0833. The fraction of sp³-hybridized carbons (Fsp3) is 0.235. The number of carbonyl (C=O) groups is 1. The first-order valence-electron chi connectivity index (χ1n) is 7.40. The molecule has 0 heterocycles. The molecule has 0 atom stereocenters. The minimum Gasteiger partial charge on any atom is -0.494 e. The Labute approximate surface area is 144 Å². The Morgan fingerprint density at radius 1 is 1.28 bits per heavy atom. The molecule has 0 radical (unpaired) electrons. The van der Waals surface area contributed by atoms with E-state index in [2.05, 4.69) is 5.32 Å². The summed E-state index contributed by atoms with van der Waals surface area (Å²) < 4.78 is 18.5. The van der Waals surface area contributed by atoms with E-state index in [4.69, 9.17) is 4.74 Å². The lowest BCUT2D eigenvalue weighted by Crippen LogP contribution is -2.21. The number of rotatable bonds is 6. The molecule has 0 aliphatic carbocycles. The van der Waals surface area contributed by atoms with E-state index in [1.807, 2.05) is 0 Å². The maximum Gasteiger partial charge on any atom is 0.295 e. The molecular formula is C17H18FN3O4. The molecule has 1 N–H and O–H groups in total. The van der Waals surface area contributed by atoms with Crippen LogP contribution >= 0.6 is 0 Å². The molecule has 0 aromatic heterocycles. The number of ether oxygens (including phenoxy) is 1. The van der Waals surface area contributed by atoms with Gasteiger partial charge in [-0.15, -0.1) is 0 Å². The van der Waals surface area contributed by atoms with Crippen LogP contribution in [0.4, 0.5) is 15.8 Å². The van der Waals surface area contributed by atoms with Crippen molar-refractivity contribution in [3.8, 4) is 5.75 Å². The first-order chi connectivity index (χ1) is 11.8. The summed E-state index contributed by atoms with van der Waals surface area (Å²) in [5.41, 5.74) is 1.13. The SMILES string of the molecule is COc1cc(NCc2ccc(C(=O)N(C)C)cc2)c([N+](=O)[O-])cc1F. The predicted molar refractivity (Wildman–Crippen MR) is 91.4 cm³/mol. The number of methoxy groups -OCH3 is 1. The highest BCUT2D eigenvalue weighted by molar-refractivity contribution is 5.93. The molecule has 25 heavy (non-hydrogen) atoms. The molecule has 0 saturated carbocycles. The second-order valence-electron chi connectivity index (χ2n) is 5.51. The van der Waals surface area contributed by atoms with Gasteiger partial charge >= 0.3 is 0 Å². The first-order valence-corrected chi connectivity index (χ1v) is 7.40. The highest BCUT2D eigenvalue weighted by Gasteiger charge is 2.19. The van der Waals surface area contributed by atoms with E-state index in [1.165, 1.54) is 18.1 Å². The number of carbonyl (C=O) groups excluding carboxylic acids is 1. The molecule has 2 aromatic carbocycles. The lowest BCUT2D eigenvalue weighted by Gasteiger charge is -2.12. The third kappa shape index (κ3) is 4.23. The lowest BCUT2D eigenvalue weighted by molar-refractivity contribution is -0.384. The maximum absolute atomic E-state index is 13.6. The normalized spacial score (nSPS) is 10.2. The number of amides is 1. The number of nitrogens with zero attached hydrogens (tertiary/aromatic N) is 2. The van der Waals surface area contributed by atoms with E-state index in [0.29, 0.717) is 5.56 Å². The third-order valence-electron chi connectivity index (χ3n) is 3.56. The molecule has 2 aromatic rings. The summed E-state index contributed by atoms with van der Waals surface area (Å²) in [6.07, 6.45) is 0. The molecule has 7 nitrogen and oxygen atoms in total. The molecule has 0 saturated heterocycles. The van der Waals surface area contributed by atoms with Gasteiger partial charge in [-0.05, 0) is 17.7 Å². The number of halogens is 1. The lowest BCUT2D eigenvalue weighted by atomic mass is 10.1. The zero-order chi connectivity index (χ0) is 18.6. The van der Waals surface area contributed by atoms with Gasteiger partial charge in [0.2, 0.25) is 0 Å². The smallest absolute Gasteiger partial charge is 0.295 e. The Balaban J connectivity index is 2.18. The molecule has 132 valence electrons. The zero-order valence-electron chi connectivity index (χ0n) is 14.1. The summed E-state index contributed by atoms with van der Waals surface area (Å²) in [6, 6.07) is 8.92. The van der Waals surface area contributed by atoms with Crippen LogP contribution in [-0.4, -0.2) is 36.9 Å². The van der Waals surface area contributed by atoms with Crippen LogP contribution in [0.15, 0.2) is 36.4 Å². The Kier molecular flexibility index (Phi) is 5.53. The van der Waals surface area contributed by atoms with E-state index >= 15 is 0 Å². The van der Waals surface area contributed by atoms with Gasteiger partial charge in [0.15, 0.2) is 11.6 Å². The van der Waals surface area contributed by atoms with Crippen molar-refractivity contribution in [2.24, 2.45) is 0 Å². The largest absolute Gasteiger partial charge is 0.494 e. The van der Waals surface area contributed by atoms with Crippen molar-refractivity contribution < 1.29 is 18.8 Å². The Morgan fingerprint density at radius 3 is 2.44 bits per heavy atom. The van der Waals surface area contributed by atoms with Crippen molar-refractivity contribution in [2.75, 3.05) is 26.5 Å². The zero-order valence-corrected chi connectivity index (χ0v) is 14.1. The van der Waals surface area contributed by atoms with E-state index in [-0.39, 0.29) is 29.6 Å². The molecule has 0 aliphatic rings. The molecule has 8 heteroatoms. The topological polar surface area (TPSA) is 84.7 Å². The van der Waals surface area contributed by atoms with Crippen LogP contribution in [0.2, 0.25) is 0 Å². The van der Waals surface area contributed by atoms with Crippen LogP contribution in [-0.2, 0) is 6.54 Å². The minimum atomic E-state index is -0.800. The van der Waals surface area contributed by atoms with Crippen LogP contribution in [0.1, 0.15) is 15.9 Å². The molecule has 0 bridgehead atoms. The van der Waals surface area contributed by atoms with E-state index in [0.717, 1.165) is 11.6 Å². The van der Waals surface area contributed by atoms with E-state index < -0.39 is 10.7 Å². The number of hydrogen-bond acceptors (Lipinski definition) is 5. The van der Waals surface area contributed by atoms with Crippen LogP contribution in [0.5, 0.6) is 5.75 Å². The van der Waals surface area contributed by atoms with Gasteiger partial charge < -0.3 is 15.0 Å². The third-order valence-corrected chi connectivity index (χ3v) is 3.56. The van der Waals surface area contributed by atoms with E-state index in [9.17, 15) is 19.3 Å². The van der Waals surface area contributed by atoms with Gasteiger partial charge in [0.25, 0.3) is 11.6 Å². The standard InChI is InChI=1S/C17H18FN3O4/c1-20(2)17(22)12-6-4-11(5-7-12)10-19-14-9-16(25-3)13(18)8-15(14)21(23)24/h4-9,19H,10H2,1-3H3. The van der Waals surface area contributed by atoms with Crippen LogP contribution in [0.25, 0.3) is 0 Å². The van der Waals surface area contributed by atoms with Crippen LogP contribution in [0, 0.1) is 15.9 Å². The van der Waals surface area contributed by atoms with Gasteiger partial charge in [-0.1, -0.05) is 12.1 Å². The second kappa shape index (κ2) is 7.61. The Bertz CT molecular complexity index is 791. The number of nitro benzene ring substituents is 1. The van der Waals surface area contributed by atoms with Gasteiger partial charge in [0.1, 0.15) is 5.69 Å². The molecule has 0 unspecified atom stereocenters. The summed E-state index contributed by atoms with van der Waals surface area (Å²) in [5, 5.41) is 14.0. The number of hydrogen-bond donors (Lipinski definition) is 1.